The quantitative estimate of drug-likeness (QED) is 0.733. The molecule has 0 aliphatic heterocycles. The van der Waals surface area contributed by atoms with E-state index in [1.165, 1.54) is 11.1 Å². The third-order valence-corrected chi connectivity index (χ3v) is 3.52. The van der Waals surface area contributed by atoms with Gasteiger partial charge in [0.05, 0.1) is 12.8 Å². The number of benzene rings is 1. The van der Waals surface area contributed by atoms with Crippen molar-refractivity contribution in [3.63, 3.8) is 0 Å². The third kappa shape index (κ3) is 3.88. The van der Waals surface area contributed by atoms with Gasteiger partial charge in [0.25, 0.3) is 0 Å². The fourth-order valence-corrected chi connectivity index (χ4v) is 2.32. The summed E-state index contributed by atoms with van der Waals surface area (Å²) in [6.07, 6.45) is 1.66. The Kier molecular flexibility index (Phi) is 4.28. The van der Waals surface area contributed by atoms with E-state index < -0.39 is 0 Å². The molecule has 0 atom stereocenters. The molecule has 0 spiro atoms. The first-order chi connectivity index (χ1) is 11.1. The predicted octanol–water partition coefficient (Wildman–Crippen LogP) is 4.35. The van der Waals surface area contributed by atoms with E-state index in [0.717, 1.165) is 23.1 Å². The standard InChI is InChI=1S/C18H20N4O/c1-12-6-7-13(2)16(9-12)22-18-10-17(20-14(3)21-18)19-11-15-5-4-8-23-15/h4-10H,11H2,1-3H3,(H2,19,20,21,22). The van der Waals surface area contributed by atoms with Crippen molar-refractivity contribution in [2.45, 2.75) is 27.3 Å². The van der Waals surface area contributed by atoms with Crippen LogP contribution in [0, 0.1) is 20.8 Å². The first kappa shape index (κ1) is 15.1. The summed E-state index contributed by atoms with van der Waals surface area (Å²) < 4.78 is 5.32. The Labute approximate surface area is 135 Å². The molecule has 2 N–H and O–H groups in total. The van der Waals surface area contributed by atoms with Crippen LogP contribution >= 0.6 is 0 Å². The van der Waals surface area contributed by atoms with E-state index in [0.29, 0.717) is 12.4 Å². The zero-order valence-corrected chi connectivity index (χ0v) is 13.6. The third-order valence-electron chi connectivity index (χ3n) is 3.52. The summed E-state index contributed by atoms with van der Waals surface area (Å²) in [6.45, 7) is 6.62. The molecule has 0 radical (unpaired) electrons. The van der Waals surface area contributed by atoms with Gasteiger partial charge in [-0.05, 0) is 50.1 Å². The average molecular weight is 308 g/mol. The average Bonchev–Trinajstić information content (AvgIpc) is 3.02. The maximum atomic E-state index is 5.32. The zero-order chi connectivity index (χ0) is 16.2. The van der Waals surface area contributed by atoms with Gasteiger partial charge in [0.15, 0.2) is 0 Å². The molecular formula is C18H20N4O. The van der Waals surface area contributed by atoms with Gasteiger partial charge in [0, 0.05) is 11.8 Å². The lowest BCUT2D eigenvalue weighted by molar-refractivity contribution is 0.518. The molecule has 5 heteroatoms. The minimum Gasteiger partial charge on any atom is -0.467 e. The first-order valence-corrected chi connectivity index (χ1v) is 7.56. The van der Waals surface area contributed by atoms with Gasteiger partial charge in [-0.25, -0.2) is 9.97 Å². The van der Waals surface area contributed by atoms with Crippen molar-refractivity contribution in [2.24, 2.45) is 0 Å². The number of rotatable bonds is 5. The predicted molar refractivity (Wildman–Crippen MR) is 92.0 cm³/mol. The van der Waals surface area contributed by atoms with Gasteiger partial charge in [0.1, 0.15) is 23.2 Å². The number of hydrogen-bond donors (Lipinski definition) is 2. The largest absolute Gasteiger partial charge is 0.467 e. The fraction of sp³-hybridized carbons (Fsp3) is 0.222. The second kappa shape index (κ2) is 6.52. The number of anilines is 3. The lowest BCUT2D eigenvalue weighted by Crippen LogP contribution is -2.05. The Bertz CT molecular complexity index is 797. The summed E-state index contributed by atoms with van der Waals surface area (Å²) >= 11 is 0. The van der Waals surface area contributed by atoms with Gasteiger partial charge in [-0.2, -0.15) is 0 Å². The molecule has 1 aromatic carbocycles. The van der Waals surface area contributed by atoms with Crippen molar-refractivity contribution in [1.82, 2.24) is 9.97 Å². The van der Waals surface area contributed by atoms with Crippen LogP contribution in [0.5, 0.6) is 0 Å². The number of aromatic nitrogens is 2. The van der Waals surface area contributed by atoms with Crippen molar-refractivity contribution in [2.75, 3.05) is 10.6 Å². The topological polar surface area (TPSA) is 63.0 Å². The van der Waals surface area contributed by atoms with Crippen LogP contribution in [0.15, 0.2) is 47.1 Å². The highest BCUT2D eigenvalue weighted by Crippen LogP contribution is 2.22. The molecule has 118 valence electrons. The Morgan fingerprint density at radius 1 is 1.00 bits per heavy atom. The van der Waals surface area contributed by atoms with Gasteiger partial charge in [-0.1, -0.05) is 12.1 Å². The molecule has 0 saturated carbocycles. The highest BCUT2D eigenvalue weighted by Gasteiger charge is 2.05. The van der Waals surface area contributed by atoms with Gasteiger partial charge in [-0.15, -0.1) is 0 Å². The van der Waals surface area contributed by atoms with Crippen LogP contribution in [0.25, 0.3) is 0 Å². The SMILES string of the molecule is Cc1ccc(C)c(Nc2cc(NCc3ccco3)nc(C)n2)c1. The smallest absolute Gasteiger partial charge is 0.136 e. The Balaban J connectivity index is 1.78. The molecular weight excluding hydrogens is 288 g/mol. The molecule has 2 aromatic heterocycles. The number of furan rings is 1. The Hall–Kier alpha value is -2.82. The van der Waals surface area contributed by atoms with Crippen LogP contribution in [-0.2, 0) is 6.54 Å². The maximum Gasteiger partial charge on any atom is 0.136 e. The normalized spacial score (nSPS) is 10.6. The van der Waals surface area contributed by atoms with E-state index in [9.17, 15) is 0 Å². The van der Waals surface area contributed by atoms with Crippen molar-refractivity contribution < 1.29 is 4.42 Å². The van der Waals surface area contributed by atoms with E-state index in [4.69, 9.17) is 4.42 Å². The summed E-state index contributed by atoms with van der Waals surface area (Å²) in [5, 5.41) is 6.63. The minimum atomic E-state index is 0.590. The van der Waals surface area contributed by atoms with E-state index in [-0.39, 0.29) is 0 Å². The van der Waals surface area contributed by atoms with Gasteiger partial charge >= 0.3 is 0 Å². The number of nitrogens with zero attached hydrogens (tertiary/aromatic N) is 2. The first-order valence-electron chi connectivity index (χ1n) is 7.56. The molecule has 0 aliphatic carbocycles. The van der Waals surface area contributed by atoms with Crippen LogP contribution < -0.4 is 10.6 Å². The molecule has 0 fully saturated rings. The minimum absolute atomic E-state index is 0.590. The molecule has 0 bridgehead atoms. The number of aryl methyl sites for hydroxylation is 3. The van der Waals surface area contributed by atoms with E-state index in [1.54, 1.807) is 6.26 Å². The van der Waals surface area contributed by atoms with E-state index in [1.807, 2.05) is 25.1 Å². The second-order valence-electron chi connectivity index (χ2n) is 5.56. The molecule has 2 heterocycles. The van der Waals surface area contributed by atoms with Crippen LogP contribution in [-0.4, -0.2) is 9.97 Å². The van der Waals surface area contributed by atoms with Crippen molar-refractivity contribution in [3.8, 4) is 0 Å². The number of hydrogen-bond acceptors (Lipinski definition) is 5. The Morgan fingerprint density at radius 2 is 1.83 bits per heavy atom. The fourth-order valence-electron chi connectivity index (χ4n) is 2.32. The molecule has 3 aromatic rings. The highest BCUT2D eigenvalue weighted by molar-refractivity contribution is 5.63. The van der Waals surface area contributed by atoms with Crippen LogP contribution in [0.2, 0.25) is 0 Å². The van der Waals surface area contributed by atoms with Gasteiger partial charge in [-0.3, -0.25) is 0 Å². The molecule has 0 unspecified atom stereocenters. The molecule has 0 aliphatic rings. The molecule has 3 rings (SSSR count). The van der Waals surface area contributed by atoms with Crippen molar-refractivity contribution >= 4 is 17.3 Å². The molecule has 23 heavy (non-hydrogen) atoms. The van der Waals surface area contributed by atoms with E-state index in [2.05, 4.69) is 52.6 Å². The van der Waals surface area contributed by atoms with Crippen molar-refractivity contribution in [3.05, 3.63) is 65.4 Å². The van der Waals surface area contributed by atoms with Crippen molar-refractivity contribution in [1.29, 1.82) is 0 Å². The summed E-state index contributed by atoms with van der Waals surface area (Å²) in [5.41, 5.74) is 3.44. The lowest BCUT2D eigenvalue weighted by atomic mass is 10.1. The van der Waals surface area contributed by atoms with E-state index >= 15 is 0 Å². The van der Waals surface area contributed by atoms with Crippen LogP contribution in [0.4, 0.5) is 17.3 Å². The summed E-state index contributed by atoms with van der Waals surface area (Å²) in [5.74, 6) is 3.11. The summed E-state index contributed by atoms with van der Waals surface area (Å²) in [4.78, 5) is 8.87. The molecule has 0 saturated heterocycles. The summed E-state index contributed by atoms with van der Waals surface area (Å²) in [6, 6.07) is 12.0. The zero-order valence-electron chi connectivity index (χ0n) is 13.6. The summed E-state index contributed by atoms with van der Waals surface area (Å²) in [7, 11) is 0. The molecule has 0 amide bonds. The van der Waals surface area contributed by atoms with Gasteiger partial charge < -0.3 is 15.1 Å². The lowest BCUT2D eigenvalue weighted by Gasteiger charge is -2.12. The maximum absolute atomic E-state index is 5.32. The second-order valence-corrected chi connectivity index (χ2v) is 5.56. The van der Waals surface area contributed by atoms with Crippen LogP contribution in [0.1, 0.15) is 22.7 Å². The van der Waals surface area contributed by atoms with Gasteiger partial charge in [0.2, 0.25) is 0 Å². The monoisotopic (exact) mass is 308 g/mol. The molecule has 5 nitrogen and oxygen atoms in total. The van der Waals surface area contributed by atoms with Crippen LogP contribution in [0.3, 0.4) is 0 Å². The number of nitrogens with one attached hydrogen (secondary N) is 2. The Morgan fingerprint density at radius 3 is 2.61 bits per heavy atom. The highest BCUT2D eigenvalue weighted by atomic mass is 16.3.